The molecule has 4 aromatic rings. The number of aromatic nitrogens is 1. The number of aryl methyl sites for hydroxylation is 2. The maximum absolute atomic E-state index is 13.6. The van der Waals surface area contributed by atoms with Gasteiger partial charge in [0.15, 0.2) is 0 Å². The quantitative estimate of drug-likeness (QED) is 0.291. The van der Waals surface area contributed by atoms with Gasteiger partial charge in [0.25, 0.3) is 11.8 Å². The molecule has 3 aromatic carbocycles. The molecule has 1 fully saturated rings. The molecule has 2 atom stereocenters. The number of imide groups is 1. The van der Waals surface area contributed by atoms with Crippen LogP contribution in [0.2, 0.25) is 0 Å². The number of fused-ring (bicyclic) bond motifs is 1. The summed E-state index contributed by atoms with van der Waals surface area (Å²) in [6.45, 7) is 7.83. The molecule has 1 aliphatic rings. The fraction of sp³-hybridized carbons (Fsp3) is 0.267. The van der Waals surface area contributed by atoms with Gasteiger partial charge in [-0.1, -0.05) is 31.2 Å². The number of benzene rings is 3. The molecule has 0 spiro atoms. The molecule has 0 N–H and O–H groups in total. The van der Waals surface area contributed by atoms with Crippen LogP contribution in [-0.2, 0) is 9.59 Å². The molecule has 1 saturated heterocycles. The summed E-state index contributed by atoms with van der Waals surface area (Å²) in [6.07, 6.45) is 0.645. The highest BCUT2D eigenvalue weighted by molar-refractivity contribution is 7.21. The predicted octanol–water partition coefficient (Wildman–Crippen LogP) is 6.15. The van der Waals surface area contributed by atoms with Crippen molar-refractivity contribution >= 4 is 45.0 Å². The van der Waals surface area contributed by atoms with E-state index in [2.05, 4.69) is 13.0 Å². The standard InChI is InChI=1S/C30H29N3O3S/c1-5-20(4)32(29(35)23-9-7-6-8-19(23)3)25-17-27(34)33(30(25)36)22-13-11-21(12-14-22)28-31-24-15-10-18(2)16-26(24)37-28/h6-16,20,25H,5,17H2,1-4H3. The molecule has 0 aliphatic carbocycles. The summed E-state index contributed by atoms with van der Waals surface area (Å²) in [5, 5.41) is 0.885. The average Bonchev–Trinajstić information content (AvgIpc) is 3.44. The van der Waals surface area contributed by atoms with Gasteiger partial charge in [0.1, 0.15) is 11.0 Å². The molecule has 0 saturated carbocycles. The van der Waals surface area contributed by atoms with Crippen LogP contribution in [0.15, 0.2) is 66.7 Å². The zero-order valence-electron chi connectivity index (χ0n) is 21.4. The summed E-state index contributed by atoms with van der Waals surface area (Å²) in [4.78, 5) is 47.8. The summed E-state index contributed by atoms with van der Waals surface area (Å²) in [7, 11) is 0. The van der Waals surface area contributed by atoms with Crippen molar-refractivity contribution in [3.63, 3.8) is 0 Å². The number of carbonyl (C=O) groups excluding carboxylic acids is 3. The van der Waals surface area contributed by atoms with E-state index in [-0.39, 0.29) is 30.2 Å². The lowest BCUT2D eigenvalue weighted by Crippen LogP contribution is -2.49. The highest BCUT2D eigenvalue weighted by atomic mass is 32.1. The van der Waals surface area contributed by atoms with Crippen LogP contribution in [0.25, 0.3) is 20.8 Å². The zero-order chi connectivity index (χ0) is 26.3. The van der Waals surface area contributed by atoms with E-state index in [0.717, 1.165) is 26.4 Å². The summed E-state index contributed by atoms with van der Waals surface area (Å²) in [5.41, 5.74) is 4.96. The van der Waals surface area contributed by atoms with Crippen LogP contribution in [-0.4, -0.2) is 39.7 Å². The number of amides is 3. The van der Waals surface area contributed by atoms with Gasteiger partial charge in [-0.2, -0.15) is 0 Å². The van der Waals surface area contributed by atoms with Crippen LogP contribution in [0.4, 0.5) is 5.69 Å². The van der Waals surface area contributed by atoms with Crippen LogP contribution < -0.4 is 4.90 Å². The number of anilines is 1. The average molecular weight is 512 g/mol. The smallest absolute Gasteiger partial charge is 0.257 e. The molecule has 6 nitrogen and oxygen atoms in total. The molecule has 1 aromatic heterocycles. The number of carbonyl (C=O) groups is 3. The van der Waals surface area contributed by atoms with Gasteiger partial charge in [0, 0.05) is 17.2 Å². The fourth-order valence-corrected chi connectivity index (χ4v) is 5.88. The van der Waals surface area contributed by atoms with E-state index in [9.17, 15) is 14.4 Å². The van der Waals surface area contributed by atoms with E-state index < -0.39 is 6.04 Å². The molecule has 0 radical (unpaired) electrons. The van der Waals surface area contributed by atoms with Crippen molar-refractivity contribution in [2.75, 3.05) is 4.90 Å². The third-order valence-corrected chi connectivity index (χ3v) is 8.12. The number of thiazole rings is 1. The first kappa shape index (κ1) is 24.8. The first-order chi connectivity index (χ1) is 17.8. The molecule has 37 heavy (non-hydrogen) atoms. The first-order valence-corrected chi connectivity index (χ1v) is 13.3. The monoisotopic (exact) mass is 511 g/mol. The molecule has 188 valence electrons. The molecule has 0 bridgehead atoms. The lowest BCUT2D eigenvalue weighted by Gasteiger charge is -2.33. The normalized spacial score (nSPS) is 16.4. The second-order valence-corrected chi connectivity index (χ2v) is 10.6. The van der Waals surface area contributed by atoms with E-state index in [4.69, 9.17) is 4.98 Å². The Balaban J connectivity index is 1.42. The highest BCUT2D eigenvalue weighted by Crippen LogP contribution is 2.34. The largest absolute Gasteiger partial charge is 0.323 e. The van der Waals surface area contributed by atoms with Crippen LogP contribution >= 0.6 is 11.3 Å². The van der Waals surface area contributed by atoms with Crippen molar-refractivity contribution in [1.29, 1.82) is 0 Å². The van der Waals surface area contributed by atoms with E-state index in [1.54, 1.807) is 34.4 Å². The molecule has 2 heterocycles. The number of hydrogen-bond acceptors (Lipinski definition) is 5. The van der Waals surface area contributed by atoms with Crippen LogP contribution in [0.1, 0.15) is 48.2 Å². The lowest BCUT2D eigenvalue weighted by atomic mass is 10.0. The van der Waals surface area contributed by atoms with Gasteiger partial charge < -0.3 is 4.90 Å². The number of hydrogen-bond donors (Lipinski definition) is 0. The molecule has 3 amide bonds. The van der Waals surface area contributed by atoms with E-state index in [0.29, 0.717) is 17.7 Å². The van der Waals surface area contributed by atoms with Gasteiger partial charge in [-0.3, -0.25) is 14.4 Å². The van der Waals surface area contributed by atoms with Crippen molar-refractivity contribution in [3.05, 3.63) is 83.4 Å². The highest BCUT2D eigenvalue weighted by Gasteiger charge is 2.45. The SMILES string of the molecule is CCC(C)N(C(=O)c1ccccc1C)C1CC(=O)N(c2ccc(-c3nc4ccc(C)cc4s3)cc2)C1=O. The second kappa shape index (κ2) is 9.90. The van der Waals surface area contributed by atoms with E-state index in [1.807, 2.05) is 63.2 Å². The van der Waals surface area contributed by atoms with Gasteiger partial charge in [-0.15, -0.1) is 11.3 Å². The zero-order valence-corrected chi connectivity index (χ0v) is 22.2. The second-order valence-electron chi connectivity index (χ2n) is 9.61. The van der Waals surface area contributed by atoms with Crippen molar-refractivity contribution in [3.8, 4) is 10.6 Å². The number of rotatable bonds is 6. The summed E-state index contributed by atoms with van der Waals surface area (Å²) in [5.74, 6) is -0.888. The van der Waals surface area contributed by atoms with Crippen molar-refractivity contribution < 1.29 is 14.4 Å². The fourth-order valence-electron chi connectivity index (χ4n) is 4.81. The minimum absolute atomic E-state index is 0.0280. The third-order valence-electron chi connectivity index (χ3n) is 7.05. The molecular formula is C30H29N3O3S. The van der Waals surface area contributed by atoms with Crippen LogP contribution in [0.3, 0.4) is 0 Å². The van der Waals surface area contributed by atoms with Gasteiger partial charge in [0.2, 0.25) is 5.91 Å². The Hall–Kier alpha value is -3.84. The Morgan fingerprint density at radius 2 is 1.81 bits per heavy atom. The Morgan fingerprint density at radius 1 is 1.08 bits per heavy atom. The van der Waals surface area contributed by atoms with Gasteiger partial charge in [-0.05, 0) is 80.8 Å². The minimum atomic E-state index is -0.832. The topological polar surface area (TPSA) is 70.6 Å². The summed E-state index contributed by atoms with van der Waals surface area (Å²) < 4.78 is 1.12. The van der Waals surface area contributed by atoms with Gasteiger partial charge in [0.05, 0.1) is 22.3 Å². The molecule has 7 heteroatoms. The predicted molar refractivity (Wildman–Crippen MR) is 148 cm³/mol. The van der Waals surface area contributed by atoms with E-state index >= 15 is 0 Å². The van der Waals surface area contributed by atoms with Crippen molar-refractivity contribution in [2.45, 2.75) is 52.6 Å². The summed E-state index contributed by atoms with van der Waals surface area (Å²) in [6, 6.07) is 19.8. The molecule has 1 aliphatic heterocycles. The molecular weight excluding hydrogens is 482 g/mol. The Morgan fingerprint density at radius 3 is 2.51 bits per heavy atom. The minimum Gasteiger partial charge on any atom is -0.323 e. The van der Waals surface area contributed by atoms with Gasteiger partial charge in [-0.25, -0.2) is 9.88 Å². The maximum atomic E-state index is 13.6. The van der Waals surface area contributed by atoms with Crippen LogP contribution in [0.5, 0.6) is 0 Å². The Labute approximate surface area is 220 Å². The Bertz CT molecular complexity index is 1510. The molecule has 2 unspecified atom stereocenters. The van der Waals surface area contributed by atoms with Crippen molar-refractivity contribution in [1.82, 2.24) is 9.88 Å². The van der Waals surface area contributed by atoms with E-state index in [1.165, 1.54) is 10.5 Å². The molecule has 5 rings (SSSR count). The maximum Gasteiger partial charge on any atom is 0.257 e. The number of nitrogens with zero attached hydrogens (tertiary/aromatic N) is 3. The Kier molecular flexibility index (Phi) is 6.65. The van der Waals surface area contributed by atoms with Crippen molar-refractivity contribution in [2.24, 2.45) is 0 Å². The summed E-state index contributed by atoms with van der Waals surface area (Å²) >= 11 is 1.61. The third kappa shape index (κ3) is 4.55. The van der Waals surface area contributed by atoms with Crippen LogP contribution in [0, 0.1) is 13.8 Å². The van der Waals surface area contributed by atoms with Gasteiger partial charge >= 0.3 is 0 Å². The first-order valence-electron chi connectivity index (χ1n) is 12.5. The lowest BCUT2D eigenvalue weighted by molar-refractivity contribution is -0.122.